The summed E-state index contributed by atoms with van der Waals surface area (Å²) in [5.74, 6) is 0.0217. The molecule has 3 rings (SSSR count). The zero-order valence-corrected chi connectivity index (χ0v) is 14.1. The van der Waals surface area contributed by atoms with E-state index in [0.717, 1.165) is 5.56 Å². The van der Waals surface area contributed by atoms with Crippen LogP contribution in [-0.4, -0.2) is 20.2 Å². The lowest BCUT2D eigenvalue weighted by Crippen LogP contribution is -2.30. The van der Waals surface area contributed by atoms with Gasteiger partial charge in [-0.05, 0) is 24.6 Å². The molecule has 0 spiro atoms. The van der Waals surface area contributed by atoms with Crippen LogP contribution in [0.1, 0.15) is 24.1 Å². The highest BCUT2D eigenvalue weighted by atomic mass is 32.2. The maximum atomic E-state index is 12.7. The molecular formula is C18H15NO2S2. The summed E-state index contributed by atoms with van der Waals surface area (Å²) in [6.45, 7) is 1.96. The Hall–Kier alpha value is -2.11. The molecule has 116 valence electrons. The predicted molar refractivity (Wildman–Crippen MR) is 98.0 cm³/mol. The number of phenolic OH excluding ortho intramolecular Hbond substituents is 1. The van der Waals surface area contributed by atoms with Crippen molar-refractivity contribution in [1.29, 1.82) is 0 Å². The Kier molecular flexibility index (Phi) is 4.50. The van der Waals surface area contributed by atoms with Crippen LogP contribution in [0.3, 0.4) is 0 Å². The molecule has 1 saturated heterocycles. The van der Waals surface area contributed by atoms with Crippen LogP contribution < -0.4 is 0 Å². The van der Waals surface area contributed by atoms with Gasteiger partial charge in [0, 0.05) is 5.56 Å². The van der Waals surface area contributed by atoms with Gasteiger partial charge in [-0.25, -0.2) is 0 Å². The Balaban J connectivity index is 1.90. The van der Waals surface area contributed by atoms with Gasteiger partial charge in [-0.2, -0.15) is 0 Å². The first-order valence-corrected chi connectivity index (χ1v) is 8.40. The molecule has 0 aromatic heterocycles. The number of para-hydroxylation sites is 1. The summed E-state index contributed by atoms with van der Waals surface area (Å²) >= 11 is 6.65. The SMILES string of the molecule is CC(c1ccccc1)N1C(=O)/C(=C/c2ccccc2O)SC1=S. The molecule has 1 aliphatic rings. The average molecular weight is 341 g/mol. The van der Waals surface area contributed by atoms with E-state index in [0.29, 0.717) is 14.8 Å². The van der Waals surface area contributed by atoms with Gasteiger partial charge in [-0.1, -0.05) is 72.5 Å². The quantitative estimate of drug-likeness (QED) is 0.665. The van der Waals surface area contributed by atoms with E-state index in [9.17, 15) is 9.90 Å². The second-order valence-corrected chi connectivity index (χ2v) is 6.87. The van der Waals surface area contributed by atoms with Crippen molar-refractivity contribution in [3.63, 3.8) is 0 Å². The number of carbonyl (C=O) groups is 1. The van der Waals surface area contributed by atoms with Crippen LogP contribution in [0, 0.1) is 0 Å². The highest BCUT2D eigenvalue weighted by molar-refractivity contribution is 8.26. The monoisotopic (exact) mass is 341 g/mol. The standard InChI is InChI=1S/C18H15NO2S2/c1-12(13-7-3-2-4-8-13)19-17(21)16(23-18(19)22)11-14-9-5-6-10-15(14)20/h2-12,20H,1H3/b16-11-. The van der Waals surface area contributed by atoms with Crippen LogP contribution in [0.15, 0.2) is 59.5 Å². The number of nitrogens with zero attached hydrogens (tertiary/aromatic N) is 1. The summed E-state index contributed by atoms with van der Waals surface area (Å²) in [5.41, 5.74) is 1.65. The average Bonchev–Trinajstić information content (AvgIpc) is 2.84. The van der Waals surface area contributed by atoms with E-state index in [1.165, 1.54) is 11.8 Å². The van der Waals surface area contributed by atoms with Crippen molar-refractivity contribution in [2.45, 2.75) is 13.0 Å². The number of thiocarbonyl (C=S) groups is 1. The van der Waals surface area contributed by atoms with Crippen LogP contribution >= 0.6 is 24.0 Å². The zero-order valence-electron chi connectivity index (χ0n) is 12.5. The summed E-state index contributed by atoms with van der Waals surface area (Å²) in [5, 5.41) is 9.86. The van der Waals surface area contributed by atoms with Gasteiger partial charge in [0.05, 0.1) is 10.9 Å². The molecule has 2 aromatic rings. The van der Waals surface area contributed by atoms with Crippen LogP contribution in [0.4, 0.5) is 0 Å². The van der Waals surface area contributed by atoms with Crippen molar-refractivity contribution in [2.75, 3.05) is 0 Å². The maximum Gasteiger partial charge on any atom is 0.266 e. The topological polar surface area (TPSA) is 40.5 Å². The van der Waals surface area contributed by atoms with Crippen molar-refractivity contribution in [1.82, 2.24) is 4.90 Å². The fraction of sp³-hybridized carbons (Fsp3) is 0.111. The van der Waals surface area contributed by atoms with Gasteiger partial charge >= 0.3 is 0 Å². The summed E-state index contributed by atoms with van der Waals surface area (Å²) in [4.78, 5) is 14.9. The van der Waals surface area contributed by atoms with Gasteiger partial charge in [0.2, 0.25) is 0 Å². The molecule has 1 heterocycles. The number of phenols is 1. The molecule has 1 amide bonds. The molecule has 0 radical (unpaired) electrons. The smallest absolute Gasteiger partial charge is 0.266 e. The Morgan fingerprint density at radius 2 is 1.78 bits per heavy atom. The van der Waals surface area contributed by atoms with Gasteiger partial charge in [-0.3, -0.25) is 9.69 Å². The van der Waals surface area contributed by atoms with E-state index in [-0.39, 0.29) is 17.7 Å². The van der Waals surface area contributed by atoms with Crippen molar-refractivity contribution in [3.8, 4) is 5.75 Å². The highest BCUT2D eigenvalue weighted by Crippen LogP contribution is 2.38. The molecule has 0 bridgehead atoms. The van der Waals surface area contributed by atoms with Crippen molar-refractivity contribution in [3.05, 3.63) is 70.6 Å². The Morgan fingerprint density at radius 1 is 1.13 bits per heavy atom. The van der Waals surface area contributed by atoms with E-state index < -0.39 is 0 Å². The van der Waals surface area contributed by atoms with Crippen molar-refractivity contribution < 1.29 is 9.90 Å². The lowest BCUT2D eigenvalue weighted by atomic mass is 10.1. The van der Waals surface area contributed by atoms with Gasteiger partial charge in [0.1, 0.15) is 10.1 Å². The first-order valence-electron chi connectivity index (χ1n) is 7.18. The normalized spacial score (nSPS) is 17.8. The minimum absolute atomic E-state index is 0.125. The molecule has 1 N–H and O–H groups in total. The number of benzene rings is 2. The Bertz CT molecular complexity index is 787. The first-order chi connectivity index (χ1) is 11.1. The van der Waals surface area contributed by atoms with Crippen LogP contribution in [0.2, 0.25) is 0 Å². The minimum Gasteiger partial charge on any atom is -0.507 e. The van der Waals surface area contributed by atoms with Gasteiger partial charge in [-0.15, -0.1) is 0 Å². The fourth-order valence-corrected chi connectivity index (χ4v) is 3.85. The maximum absolute atomic E-state index is 12.7. The van der Waals surface area contributed by atoms with Crippen molar-refractivity contribution in [2.24, 2.45) is 0 Å². The molecule has 5 heteroatoms. The van der Waals surface area contributed by atoms with Gasteiger partial charge < -0.3 is 5.11 Å². The highest BCUT2D eigenvalue weighted by Gasteiger charge is 2.35. The molecule has 0 saturated carbocycles. The lowest BCUT2D eigenvalue weighted by molar-refractivity contribution is -0.123. The number of aromatic hydroxyl groups is 1. The van der Waals surface area contributed by atoms with E-state index >= 15 is 0 Å². The molecule has 1 aliphatic heterocycles. The molecule has 1 atom stereocenters. The molecule has 2 aromatic carbocycles. The number of thioether (sulfide) groups is 1. The number of carbonyl (C=O) groups excluding carboxylic acids is 1. The molecule has 1 unspecified atom stereocenters. The van der Waals surface area contributed by atoms with E-state index in [2.05, 4.69) is 0 Å². The predicted octanol–water partition coefficient (Wildman–Crippen LogP) is 4.35. The van der Waals surface area contributed by atoms with Crippen molar-refractivity contribution >= 4 is 40.3 Å². The second-order valence-electron chi connectivity index (χ2n) is 5.20. The van der Waals surface area contributed by atoms with E-state index in [4.69, 9.17) is 12.2 Å². The third-order valence-corrected chi connectivity index (χ3v) is 5.05. The second kappa shape index (κ2) is 6.56. The first kappa shape index (κ1) is 15.8. The zero-order chi connectivity index (χ0) is 16.4. The lowest BCUT2D eigenvalue weighted by Gasteiger charge is -2.23. The number of hydrogen-bond acceptors (Lipinski definition) is 4. The molecular weight excluding hydrogens is 326 g/mol. The van der Waals surface area contributed by atoms with Gasteiger partial charge in [0.15, 0.2) is 0 Å². The number of hydrogen-bond donors (Lipinski definition) is 1. The fourth-order valence-electron chi connectivity index (χ4n) is 2.45. The number of amides is 1. The summed E-state index contributed by atoms with van der Waals surface area (Å²) < 4.78 is 0.535. The summed E-state index contributed by atoms with van der Waals surface area (Å²) in [7, 11) is 0. The van der Waals surface area contributed by atoms with Crippen LogP contribution in [-0.2, 0) is 4.79 Å². The van der Waals surface area contributed by atoms with Crippen LogP contribution in [0.25, 0.3) is 6.08 Å². The molecule has 23 heavy (non-hydrogen) atoms. The van der Waals surface area contributed by atoms with Crippen LogP contribution in [0.5, 0.6) is 5.75 Å². The number of rotatable bonds is 3. The summed E-state index contributed by atoms with van der Waals surface area (Å²) in [6.07, 6.45) is 1.69. The van der Waals surface area contributed by atoms with E-state index in [1.54, 1.807) is 29.2 Å². The third kappa shape index (κ3) is 3.16. The van der Waals surface area contributed by atoms with Gasteiger partial charge in [0.25, 0.3) is 5.91 Å². The Morgan fingerprint density at radius 3 is 2.48 bits per heavy atom. The van der Waals surface area contributed by atoms with E-state index in [1.807, 2.05) is 43.3 Å². The third-order valence-electron chi connectivity index (χ3n) is 3.72. The summed E-state index contributed by atoms with van der Waals surface area (Å²) in [6, 6.07) is 16.6. The molecule has 3 nitrogen and oxygen atoms in total. The Labute approximate surface area is 144 Å². The minimum atomic E-state index is -0.126. The molecule has 1 fully saturated rings. The molecule has 0 aliphatic carbocycles. The largest absolute Gasteiger partial charge is 0.507 e.